The van der Waals surface area contributed by atoms with Crippen LogP contribution >= 0.6 is 23.1 Å². The highest BCUT2D eigenvalue weighted by molar-refractivity contribution is 8.00. The summed E-state index contributed by atoms with van der Waals surface area (Å²) >= 11 is 2.36. The van der Waals surface area contributed by atoms with Crippen molar-refractivity contribution in [2.75, 3.05) is 25.7 Å². The van der Waals surface area contributed by atoms with Crippen LogP contribution in [0.5, 0.6) is 0 Å². The van der Waals surface area contributed by atoms with Gasteiger partial charge in [-0.3, -0.25) is 14.5 Å². The van der Waals surface area contributed by atoms with Gasteiger partial charge in [0, 0.05) is 18.2 Å². The number of methoxy groups -OCH3 is 1. The molecule has 3 heterocycles. The molecule has 0 spiro atoms. The van der Waals surface area contributed by atoms with Gasteiger partial charge in [0.05, 0.1) is 0 Å². The van der Waals surface area contributed by atoms with E-state index in [1.165, 1.54) is 37.4 Å². The predicted octanol–water partition coefficient (Wildman–Crippen LogP) is -0.0142. The third-order valence-corrected chi connectivity index (χ3v) is 5.74. The van der Waals surface area contributed by atoms with E-state index in [0.717, 1.165) is 16.2 Å². The lowest BCUT2D eigenvalue weighted by Gasteiger charge is -2.54. The molecule has 2 aliphatic rings. The van der Waals surface area contributed by atoms with Gasteiger partial charge in [0.15, 0.2) is 10.8 Å². The van der Waals surface area contributed by atoms with Crippen molar-refractivity contribution in [2.24, 2.45) is 5.16 Å². The average Bonchev–Trinajstić information content (AvgIpc) is 3.08. The van der Waals surface area contributed by atoms with E-state index < -0.39 is 29.1 Å². The molecule has 1 fully saturated rings. The summed E-state index contributed by atoms with van der Waals surface area (Å²) in [6.07, 6.45) is -0.107. The monoisotopic (exact) mass is 429 g/mol. The Bertz CT molecular complexity index is 885. The standard InChI is InChI=1S/C14H15N5O7S2/c1-24-14(10(21)19-7(26-13(22)23)3-4-27-11(14)19)17-9(20)8(18-25-2)6-5-28-12(15)16-6/h3,5,11H,4H2,1-2H3,(H2,15,16)(H,17,20)(H,22,23)/t11-,14-/m0/s1. The Kier molecular flexibility index (Phi) is 5.44. The summed E-state index contributed by atoms with van der Waals surface area (Å²) in [6, 6.07) is 0. The normalized spacial score (nSPS) is 24.0. The predicted molar refractivity (Wildman–Crippen MR) is 98.2 cm³/mol. The van der Waals surface area contributed by atoms with Gasteiger partial charge in [-0.05, 0) is 6.08 Å². The number of nitrogens with one attached hydrogen (secondary N) is 1. The van der Waals surface area contributed by atoms with Gasteiger partial charge in [0.1, 0.15) is 18.2 Å². The third-order valence-electron chi connectivity index (χ3n) is 3.84. The fraction of sp³-hybridized carbons (Fsp3) is 0.357. The first-order valence-corrected chi connectivity index (χ1v) is 9.53. The SMILES string of the molecule is CON=C(C(=O)N[C@]1(OC)C(=O)N2C(OC(=O)O)=CCS[C@H]21)c1csc(N)n1. The van der Waals surface area contributed by atoms with E-state index in [2.05, 4.69) is 20.2 Å². The van der Waals surface area contributed by atoms with Crippen LogP contribution in [0.25, 0.3) is 0 Å². The lowest BCUT2D eigenvalue weighted by atomic mass is 10.0. The highest BCUT2D eigenvalue weighted by atomic mass is 32.2. The summed E-state index contributed by atoms with van der Waals surface area (Å²) in [6.45, 7) is 0. The van der Waals surface area contributed by atoms with E-state index in [4.69, 9.17) is 20.4 Å². The van der Waals surface area contributed by atoms with Crippen molar-refractivity contribution in [1.82, 2.24) is 15.2 Å². The number of amides is 2. The zero-order chi connectivity index (χ0) is 20.5. The molecule has 12 nitrogen and oxygen atoms in total. The fourth-order valence-electron chi connectivity index (χ4n) is 2.68. The molecule has 2 atom stereocenters. The second kappa shape index (κ2) is 7.65. The zero-order valence-electron chi connectivity index (χ0n) is 14.6. The van der Waals surface area contributed by atoms with Crippen LogP contribution < -0.4 is 11.1 Å². The number of nitrogens with zero attached hydrogens (tertiary/aromatic N) is 3. The van der Waals surface area contributed by atoms with Crippen LogP contribution in [0, 0.1) is 0 Å². The van der Waals surface area contributed by atoms with E-state index in [9.17, 15) is 14.4 Å². The number of rotatable bonds is 6. The molecule has 0 saturated carbocycles. The number of thioether (sulfide) groups is 1. The molecule has 0 unspecified atom stereocenters. The number of aromatic nitrogens is 1. The van der Waals surface area contributed by atoms with Gasteiger partial charge < -0.3 is 30.5 Å². The summed E-state index contributed by atoms with van der Waals surface area (Å²) in [5.74, 6) is -1.26. The van der Waals surface area contributed by atoms with Crippen LogP contribution in [0.3, 0.4) is 0 Å². The number of nitrogens with two attached hydrogens (primary N) is 1. The van der Waals surface area contributed by atoms with Gasteiger partial charge in [-0.1, -0.05) is 5.16 Å². The Balaban J connectivity index is 1.85. The van der Waals surface area contributed by atoms with Gasteiger partial charge >= 0.3 is 6.16 Å². The summed E-state index contributed by atoms with van der Waals surface area (Å²) < 4.78 is 9.97. The van der Waals surface area contributed by atoms with E-state index in [1.807, 2.05) is 0 Å². The summed E-state index contributed by atoms with van der Waals surface area (Å²) in [4.78, 5) is 46.1. The highest BCUT2D eigenvalue weighted by Crippen LogP contribution is 2.44. The molecule has 150 valence electrons. The first-order valence-electron chi connectivity index (χ1n) is 7.60. The molecule has 4 N–H and O–H groups in total. The van der Waals surface area contributed by atoms with E-state index >= 15 is 0 Å². The van der Waals surface area contributed by atoms with Gasteiger partial charge in [-0.25, -0.2) is 9.78 Å². The minimum absolute atomic E-state index is 0.138. The van der Waals surface area contributed by atoms with Crippen LogP contribution in [0.2, 0.25) is 0 Å². The van der Waals surface area contributed by atoms with E-state index in [0.29, 0.717) is 5.75 Å². The van der Waals surface area contributed by atoms with Gasteiger partial charge in [0.2, 0.25) is 5.88 Å². The van der Waals surface area contributed by atoms with Crippen molar-refractivity contribution in [1.29, 1.82) is 0 Å². The third kappa shape index (κ3) is 3.25. The zero-order valence-corrected chi connectivity index (χ0v) is 16.2. The smallest absolute Gasteiger partial charge is 0.449 e. The van der Waals surface area contributed by atoms with Crippen molar-refractivity contribution >= 4 is 51.9 Å². The number of anilines is 1. The number of hydrogen-bond acceptors (Lipinski definition) is 11. The molecular formula is C14H15N5O7S2. The van der Waals surface area contributed by atoms with Crippen LogP contribution in [0.1, 0.15) is 5.69 Å². The minimum Gasteiger partial charge on any atom is -0.449 e. The van der Waals surface area contributed by atoms with Crippen molar-refractivity contribution in [2.45, 2.75) is 11.1 Å². The van der Waals surface area contributed by atoms with Gasteiger partial charge in [-0.2, -0.15) is 0 Å². The Morgan fingerprint density at radius 1 is 1.50 bits per heavy atom. The second-order valence-corrected chi connectivity index (χ2v) is 7.36. The molecule has 1 aromatic heterocycles. The Hall–Kier alpha value is -2.84. The molecular weight excluding hydrogens is 414 g/mol. The number of nitrogen functional groups attached to an aromatic ring is 1. The number of ether oxygens (including phenoxy) is 2. The molecule has 2 amide bonds. The number of oxime groups is 1. The van der Waals surface area contributed by atoms with Crippen molar-refractivity contribution in [3.63, 3.8) is 0 Å². The number of β-lactam (4-membered cyclic amide) rings is 1. The van der Waals surface area contributed by atoms with Crippen LogP contribution in [-0.2, 0) is 23.9 Å². The summed E-state index contributed by atoms with van der Waals surface area (Å²) in [5, 5.41) is 16.0. The quantitative estimate of drug-likeness (QED) is 0.184. The molecule has 1 aromatic rings. The number of thiazole rings is 1. The number of carboxylic acid groups (broad SMARTS) is 1. The molecule has 0 radical (unpaired) electrons. The minimum atomic E-state index is -1.74. The lowest BCUT2D eigenvalue weighted by Crippen LogP contribution is -2.80. The van der Waals surface area contributed by atoms with Crippen LogP contribution in [0.4, 0.5) is 9.93 Å². The topological polar surface area (TPSA) is 166 Å². The van der Waals surface area contributed by atoms with Gasteiger partial charge in [-0.15, -0.1) is 23.1 Å². The molecule has 2 aliphatic heterocycles. The maximum Gasteiger partial charge on any atom is 0.512 e. The largest absolute Gasteiger partial charge is 0.512 e. The number of fused-ring (bicyclic) bond motifs is 1. The average molecular weight is 429 g/mol. The summed E-state index contributed by atoms with van der Waals surface area (Å²) in [7, 11) is 2.50. The molecule has 0 bridgehead atoms. The maximum atomic E-state index is 12.8. The number of hydrogen-bond donors (Lipinski definition) is 3. The maximum absolute atomic E-state index is 12.8. The second-order valence-electron chi connectivity index (χ2n) is 5.36. The molecule has 0 aliphatic carbocycles. The number of carbonyl (C=O) groups is 3. The van der Waals surface area contributed by atoms with Crippen LogP contribution in [0.15, 0.2) is 22.5 Å². The molecule has 28 heavy (non-hydrogen) atoms. The van der Waals surface area contributed by atoms with Gasteiger partial charge in [0.25, 0.3) is 17.5 Å². The lowest BCUT2D eigenvalue weighted by molar-refractivity contribution is -0.194. The number of carbonyl (C=O) groups excluding carboxylic acids is 2. The molecule has 0 aromatic carbocycles. The molecule has 1 saturated heterocycles. The van der Waals surface area contributed by atoms with Crippen molar-refractivity contribution in [3.05, 3.63) is 23.0 Å². The van der Waals surface area contributed by atoms with E-state index in [1.54, 1.807) is 0 Å². The molecule has 14 heteroatoms. The Morgan fingerprint density at radius 3 is 2.82 bits per heavy atom. The highest BCUT2D eigenvalue weighted by Gasteiger charge is 2.66. The molecule has 3 rings (SSSR count). The van der Waals surface area contributed by atoms with Crippen LogP contribution in [-0.4, -0.2) is 69.7 Å². The first-order chi connectivity index (χ1) is 13.3. The Labute approximate surface area is 166 Å². The van der Waals surface area contributed by atoms with Crippen molar-refractivity contribution < 1.29 is 33.8 Å². The Morgan fingerprint density at radius 2 is 2.25 bits per heavy atom. The first kappa shape index (κ1) is 19.9. The fourth-order valence-corrected chi connectivity index (χ4v) is 4.49. The van der Waals surface area contributed by atoms with E-state index in [-0.39, 0.29) is 22.4 Å². The van der Waals surface area contributed by atoms with Crippen molar-refractivity contribution in [3.8, 4) is 0 Å². The summed E-state index contributed by atoms with van der Waals surface area (Å²) in [5.41, 5.74) is 3.83.